The molecule has 0 bridgehead atoms. The Labute approximate surface area is 141 Å². The highest BCUT2D eigenvalue weighted by Crippen LogP contribution is 2.24. The zero-order valence-corrected chi connectivity index (χ0v) is 14.7. The molecule has 0 unspecified atom stereocenters. The third-order valence-electron chi connectivity index (χ3n) is 5.35. The average Bonchev–Trinajstić information content (AvgIpc) is 2.63. The van der Waals surface area contributed by atoms with E-state index in [4.69, 9.17) is 4.74 Å². The maximum Gasteiger partial charge on any atom is 0.120 e. The normalized spacial score (nSPS) is 21.6. The van der Waals surface area contributed by atoms with Crippen LogP contribution in [0.5, 0.6) is 5.75 Å². The molecule has 0 saturated carbocycles. The monoisotopic (exact) mass is 317 g/mol. The van der Waals surface area contributed by atoms with Crippen molar-refractivity contribution < 1.29 is 4.74 Å². The molecule has 0 atom stereocenters. The number of methoxy groups -OCH3 is 1. The van der Waals surface area contributed by atoms with Crippen molar-refractivity contribution >= 4 is 5.69 Å². The van der Waals surface area contributed by atoms with Crippen molar-refractivity contribution in [1.29, 1.82) is 0 Å². The molecule has 0 N–H and O–H groups in total. The molecule has 23 heavy (non-hydrogen) atoms. The molecular formula is C19H31N3O. The molecule has 2 fully saturated rings. The molecule has 0 amide bonds. The Bertz CT molecular complexity index is 477. The quantitative estimate of drug-likeness (QED) is 0.831. The van der Waals surface area contributed by atoms with E-state index in [2.05, 4.69) is 39.8 Å². The summed E-state index contributed by atoms with van der Waals surface area (Å²) in [5.41, 5.74) is 1.29. The van der Waals surface area contributed by atoms with Crippen LogP contribution in [0.4, 0.5) is 5.69 Å². The van der Waals surface area contributed by atoms with Gasteiger partial charge in [0.1, 0.15) is 5.75 Å². The van der Waals surface area contributed by atoms with E-state index in [0.717, 1.165) is 24.9 Å². The second kappa shape index (κ2) is 8.02. The van der Waals surface area contributed by atoms with Gasteiger partial charge in [-0.3, -0.25) is 4.90 Å². The lowest BCUT2D eigenvalue weighted by atomic mass is 10.0. The fraction of sp³-hybridized carbons (Fsp3) is 0.684. The number of rotatable bonds is 5. The van der Waals surface area contributed by atoms with Crippen molar-refractivity contribution in [2.75, 3.05) is 57.8 Å². The Balaban J connectivity index is 1.49. The Morgan fingerprint density at radius 2 is 1.78 bits per heavy atom. The molecule has 0 aromatic heterocycles. The largest absolute Gasteiger partial charge is 0.497 e. The van der Waals surface area contributed by atoms with Crippen LogP contribution in [-0.4, -0.2) is 68.8 Å². The van der Waals surface area contributed by atoms with E-state index in [-0.39, 0.29) is 0 Å². The highest BCUT2D eigenvalue weighted by molar-refractivity contribution is 5.51. The zero-order valence-electron chi connectivity index (χ0n) is 14.7. The summed E-state index contributed by atoms with van der Waals surface area (Å²) in [6, 6.07) is 9.25. The van der Waals surface area contributed by atoms with Gasteiger partial charge in [0.2, 0.25) is 0 Å². The standard InChI is InChI=1S/C19H31N3O/c1-3-9-20-10-7-17(8-11-20)21-12-14-22(15-13-21)18-5-4-6-19(16-18)23-2/h4-6,16-17H,3,7-15H2,1-2H3. The van der Waals surface area contributed by atoms with E-state index in [1.165, 1.54) is 57.7 Å². The average molecular weight is 317 g/mol. The predicted molar refractivity (Wildman–Crippen MR) is 96.5 cm³/mol. The van der Waals surface area contributed by atoms with Crippen LogP contribution in [0, 0.1) is 0 Å². The highest BCUT2D eigenvalue weighted by Gasteiger charge is 2.27. The molecule has 0 radical (unpaired) electrons. The number of benzene rings is 1. The fourth-order valence-corrected chi connectivity index (χ4v) is 3.98. The molecule has 4 heteroatoms. The second-order valence-corrected chi connectivity index (χ2v) is 6.80. The summed E-state index contributed by atoms with van der Waals surface area (Å²) in [7, 11) is 1.74. The lowest BCUT2D eigenvalue weighted by Crippen LogP contribution is -2.53. The number of hydrogen-bond donors (Lipinski definition) is 0. The third kappa shape index (κ3) is 4.18. The maximum absolute atomic E-state index is 5.35. The Morgan fingerprint density at radius 3 is 2.43 bits per heavy atom. The van der Waals surface area contributed by atoms with E-state index < -0.39 is 0 Å². The summed E-state index contributed by atoms with van der Waals surface area (Å²) in [6.07, 6.45) is 3.97. The molecule has 1 aromatic rings. The van der Waals surface area contributed by atoms with Gasteiger partial charge in [0.25, 0.3) is 0 Å². The van der Waals surface area contributed by atoms with Gasteiger partial charge in [-0.25, -0.2) is 0 Å². The lowest BCUT2D eigenvalue weighted by Gasteiger charge is -2.43. The molecule has 2 aliphatic heterocycles. The lowest BCUT2D eigenvalue weighted by molar-refractivity contribution is 0.103. The van der Waals surface area contributed by atoms with Crippen molar-refractivity contribution in [1.82, 2.24) is 9.80 Å². The SMILES string of the molecule is CCCN1CCC(N2CCN(c3cccc(OC)c3)CC2)CC1. The molecule has 2 aliphatic rings. The van der Waals surface area contributed by atoms with Crippen LogP contribution in [0.1, 0.15) is 26.2 Å². The van der Waals surface area contributed by atoms with Crippen molar-refractivity contribution in [3.63, 3.8) is 0 Å². The molecule has 0 aliphatic carbocycles. The molecule has 4 nitrogen and oxygen atoms in total. The summed E-state index contributed by atoms with van der Waals surface area (Å²) in [5.74, 6) is 0.952. The minimum absolute atomic E-state index is 0.801. The van der Waals surface area contributed by atoms with Gasteiger partial charge in [0, 0.05) is 44.0 Å². The third-order valence-corrected chi connectivity index (χ3v) is 5.35. The molecule has 0 spiro atoms. The van der Waals surface area contributed by atoms with Crippen LogP contribution >= 0.6 is 0 Å². The molecule has 2 heterocycles. The highest BCUT2D eigenvalue weighted by atomic mass is 16.5. The van der Waals surface area contributed by atoms with E-state index in [1.54, 1.807) is 7.11 Å². The number of likely N-dealkylation sites (tertiary alicyclic amines) is 1. The number of piperazine rings is 1. The Kier molecular flexibility index (Phi) is 5.79. The van der Waals surface area contributed by atoms with E-state index >= 15 is 0 Å². The van der Waals surface area contributed by atoms with Gasteiger partial charge in [-0.15, -0.1) is 0 Å². The first-order chi connectivity index (χ1) is 11.3. The molecule has 1 aromatic carbocycles. The van der Waals surface area contributed by atoms with Gasteiger partial charge < -0.3 is 14.5 Å². The summed E-state index contributed by atoms with van der Waals surface area (Å²) in [6.45, 7) is 10.8. The van der Waals surface area contributed by atoms with Gasteiger partial charge in [0.15, 0.2) is 0 Å². The summed E-state index contributed by atoms with van der Waals surface area (Å²) >= 11 is 0. The van der Waals surface area contributed by atoms with Crippen molar-refractivity contribution in [2.24, 2.45) is 0 Å². The number of ether oxygens (including phenoxy) is 1. The van der Waals surface area contributed by atoms with Gasteiger partial charge in [-0.05, 0) is 51.0 Å². The van der Waals surface area contributed by atoms with Gasteiger partial charge >= 0.3 is 0 Å². The smallest absolute Gasteiger partial charge is 0.120 e. The Morgan fingerprint density at radius 1 is 1.04 bits per heavy atom. The van der Waals surface area contributed by atoms with Crippen molar-refractivity contribution in [2.45, 2.75) is 32.2 Å². The number of hydrogen-bond acceptors (Lipinski definition) is 4. The number of piperidine rings is 1. The van der Waals surface area contributed by atoms with Crippen LogP contribution in [-0.2, 0) is 0 Å². The van der Waals surface area contributed by atoms with E-state index in [1.807, 2.05) is 6.07 Å². The molecule has 128 valence electrons. The fourth-order valence-electron chi connectivity index (χ4n) is 3.98. The van der Waals surface area contributed by atoms with Crippen molar-refractivity contribution in [3.8, 4) is 5.75 Å². The minimum Gasteiger partial charge on any atom is -0.497 e. The van der Waals surface area contributed by atoms with Crippen LogP contribution in [0.15, 0.2) is 24.3 Å². The van der Waals surface area contributed by atoms with Crippen LogP contribution in [0.3, 0.4) is 0 Å². The maximum atomic E-state index is 5.35. The zero-order chi connectivity index (χ0) is 16.1. The first-order valence-electron chi connectivity index (χ1n) is 9.15. The van der Waals surface area contributed by atoms with Crippen molar-refractivity contribution in [3.05, 3.63) is 24.3 Å². The molecule has 2 saturated heterocycles. The van der Waals surface area contributed by atoms with Crippen LogP contribution in [0.25, 0.3) is 0 Å². The Hall–Kier alpha value is -1.26. The van der Waals surface area contributed by atoms with Gasteiger partial charge in [0.05, 0.1) is 7.11 Å². The minimum atomic E-state index is 0.801. The van der Waals surface area contributed by atoms with Gasteiger partial charge in [-0.2, -0.15) is 0 Å². The predicted octanol–water partition coefficient (Wildman–Crippen LogP) is 2.69. The second-order valence-electron chi connectivity index (χ2n) is 6.80. The molecule has 3 rings (SSSR count). The summed E-state index contributed by atoms with van der Waals surface area (Å²) in [4.78, 5) is 7.84. The summed E-state index contributed by atoms with van der Waals surface area (Å²) < 4.78 is 5.35. The summed E-state index contributed by atoms with van der Waals surface area (Å²) in [5, 5.41) is 0. The van der Waals surface area contributed by atoms with E-state index in [0.29, 0.717) is 0 Å². The number of nitrogens with zero attached hydrogens (tertiary/aromatic N) is 3. The van der Waals surface area contributed by atoms with E-state index in [9.17, 15) is 0 Å². The first-order valence-corrected chi connectivity index (χ1v) is 9.15. The topological polar surface area (TPSA) is 19.0 Å². The van der Waals surface area contributed by atoms with Crippen LogP contribution in [0.2, 0.25) is 0 Å². The molecular weight excluding hydrogens is 286 g/mol. The first kappa shape index (κ1) is 16.6. The number of anilines is 1. The van der Waals surface area contributed by atoms with Crippen LogP contribution < -0.4 is 9.64 Å². The van der Waals surface area contributed by atoms with Gasteiger partial charge in [-0.1, -0.05) is 13.0 Å².